The summed E-state index contributed by atoms with van der Waals surface area (Å²) in [5.41, 5.74) is 0. The van der Waals surface area contributed by atoms with Crippen molar-refractivity contribution >= 4 is 19.9 Å². The molecule has 1 aromatic carbocycles. The molecule has 0 bridgehead atoms. The van der Waals surface area contributed by atoms with Gasteiger partial charge in [-0.3, -0.25) is 0 Å². The van der Waals surface area contributed by atoms with Crippen LogP contribution in [0.3, 0.4) is 0 Å². The number of sulfone groups is 1. The molecule has 1 atom stereocenters. The van der Waals surface area contributed by atoms with Crippen LogP contribution in [0.4, 0.5) is 0 Å². The number of hydrogen-bond donors (Lipinski definition) is 1. The maximum Gasteiger partial charge on any atom is 0.211 e. The van der Waals surface area contributed by atoms with E-state index in [0.29, 0.717) is 0 Å². The molecule has 0 aliphatic rings. The topological polar surface area (TPSA) is 93.4 Å². The number of hydrogen-bond acceptors (Lipinski definition) is 5. The van der Waals surface area contributed by atoms with Crippen LogP contribution in [0.2, 0.25) is 0 Å². The van der Waals surface area contributed by atoms with Crippen LogP contribution >= 0.6 is 0 Å². The molecular formula is C14H17NO5S2. The van der Waals surface area contributed by atoms with Crippen molar-refractivity contribution in [2.24, 2.45) is 0 Å². The smallest absolute Gasteiger partial charge is 0.211 e. The lowest BCUT2D eigenvalue weighted by molar-refractivity contribution is 0.486. The average Bonchev–Trinajstić information content (AvgIpc) is 3.02. The van der Waals surface area contributed by atoms with Crippen LogP contribution in [0.5, 0.6) is 0 Å². The van der Waals surface area contributed by atoms with Gasteiger partial charge in [-0.15, -0.1) is 0 Å². The van der Waals surface area contributed by atoms with Gasteiger partial charge in [-0.25, -0.2) is 21.6 Å². The summed E-state index contributed by atoms with van der Waals surface area (Å²) in [5.74, 6) is 0.0751. The predicted octanol–water partition coefficient (Wildman–Crippen LogP) is 1.73. The molecule has 0 spiro atoms. The molecule has 2 rings (SSSR count). The molecule has 1 aromatic heterocycles. The molecule has 1 N–H and O–H groups in total. The fourth-order valence-electron chi connectivity index (χ4n) is 1.92. The van der Waals surface area contributed by atoms with E-state index in [1.165, 1.54) is 31.4 Å². The van der Waals surface area contributed by atoms with E-state index in [2.05, 4.69) is 4.72 Å². The van der Waals surface area contributed by atoms with E-state index < -0.39 is 25.1 Å². The third kappa shape index (κ3) is 3.76. The summed E-state index contributed by atoms with van der Waals surface area (Å²) in [4.78, 5) is 0.118. The lowest BCUT2D eigenvalue weighted by atomic mass is 10.3. The minimum Gasteiger partial charge on any atom is -0.468 e. The van der Waals surface area contributed by atoms with Gasteiger partial charge in [0.05, 0.1) is 16.9 Å². The van der Waals surface area contributed by atoms with Gasteiger partial charge in [0, 0.05) is 6.54 Å². The van der Waals surface area contributed by atoms with Crippen molar-refractivity contribution in [1.82, 2.24) is 4.72 Å². The van der Waals surface area contributed by atoms with E-state index in [1.807, 2.05) is 0 Å². The first-order chi connectivity index (χ1) is 10.4. The van der Waals surface area contributed by atoms with Crippen molar-refractivity contribution in [3.63, 3.8) is 0 Å². The van der Waals surface area contributed by atoms with E-state index in [-0.39, 0.29) is 23.0 Å². The molecule has 6 nitrogen and oxygen atoms in total. The van der Waals surface area contributed by atoms with Gasteiger partial charge in [-0.05, 0) is 31.2 Å². The number of sulfonamides is 1. The highest BCUT2D eigenvalue weighted by Crippen LogP contribution is 2.28. The molecule has 0 aliphatic heterocycles. The lowest BCUT2D eigenvalue weighted by Gasteiger charge is -2.16. The summed E-state index contributed by atoms with van der Waals surface area (Å²) in [5, 5.41) is -1.12. The standard InChI is InChI=1S/C14H17NO5S2/c1-2-21(16,17)15-11-14(13-9-6-10-20-13)22(18,19)12-7-4-3-5-8-12/h3-10,14-15H,2,11H2,1H3. The van der Waals surface area contributed by atoms with Crippen LogP contribution in [0, 0.1) is 0 Å². The highest BCUT2D eigenvalue weighted by atomic mass is 32.2. The van der Waals surface area contributed by atoms with Gasteiger partial charge in [-0.1, -0.05) is 18.2 Å². The highest BCUT2D eigenvalue weighted by Gasteiger charge is 2.32. The van der Waals surface area contributed by atoms with Crippen molar-refractivity contribution in [3.05, 3.63) is 54.5 Å². The third-order valence-corrected chi connectivity index (χ3v) is 6.62. The maximum absolute atomic E-state index is 12.7. The van der Waals surface area contributed by atoms with Gasteiger partial charge in [0.25, 0.3) is 0 Å². The van der Waals surface area contributed by atoms with Crippen molar-refractivity contribution < 1.29 is 21.3 Å². The summed E-state index contributed by atoms with van der Waals surface area (Å²) in [6.45, 7) is 1.21. The molecule has 0 amide bonds. The SMILES string of the molecule is CCS(=O)(=O)NCC(c1ccco1)S(=O)(=O)c1ccccc1. The first-order valence-electron chi connectivity index (χ1n) is 6.66. The minimum atomic E-state index is -3.78. The van der Waals surface area contributed by atoms with Crippen LogP contribution in [-0.4, -0.2) is 29.1 Å². The Morgan fingerprint density at radius 1 is 1.05 bits per heavy atom. The first kappa shape index (κ1) is 16.7. The third-order valence-electron chi connectivity index (χ3n) is 3.18. The molecular weight excluding hydrogens is 326 g/mol. The normalized spacial score (nSPS) is 13.9. The Hall–Kier alpha value is -1.64. The van der Waals surface area contributed by atoms with Gasteiger partial charge < -0.3 is 4.42 Å². The number of benzene rings is 1. The Balaban J connectivity index is 2.38. The van der Waals surface area contributed by atoms with E-state index in [4.69, 9.17) is 4.42 Å². The number of nitrogens with one attached hydrogen (secondary N) is 1. The van der Waals surface area contributed by atoms with Crippen LogP contribution in [0.1, 0.15) is 17.9 Å². The maximum atomic E-state index is 12.7. The van der Waals surface area contributed by atoms with Crippen LogP contribution in [0.25, 0.3) is 0 Å². The van der Waals surface area contributed by atoms with Crippen molar-refractivity contribution in [2.75, 3.05) is 12.3 Å². The Labute approximate surface area is 130 Å². The van der Waals surface area contributed by atoms with Gasteiger partial charge in [-0.2, -0.15) is 0 Å². The quantitative estimate of drug-likeness (QED) is 0.826. The number of furan rings is 1. The van der Waals surface area contributed by atoms with Crippen LogP contribution < -0.4 is 4.72 Å². The molecule has 0 radical (unpaired) electrons. The Morgan fingerprint density at radius 2 is 1.73 bits per heavy atom. The van der Waals surface area contributed by atoms with E-state index in [9.17, 15) is 16.8 Å². The zero-order valence-electron chi connectivity index (χ0n) is 12.0. The van der Waals surface area contributed by atoms with Crippen LogP contribution in [-0.2, 0) is 19.9 Å². The van der Waals surface area contributed by atoms with Gasteiger partial charge in [0.2, 0.25) is 10.0 Å². The van der Waals surface area contributed by atoms with Crippen molar-refractivity contribution in [3.8, 4) is 0 Å². The summed E-state index contributed by atoms with van der Waals surface area (Å²) in [7, 11) is -7.28. The summed E-state index contributed by atoms with van der Waals surface area (Å²) < 4.78 is 56.2. The molecule has 0 aliphatic carbocycles. The minimum absolute atomic E-state index is 0.118. The molecule has 0 saturated heterocycles. The molecule has 22 heavy (non-hydrogen) atoms. The monoisotopic (exact) mass is 343 g/mol. The van der Waals surface area contributed by atoms with E-state index in [1.54, 1.807) is 24.3 Å². The van der Waals surface area contributed by atoms with Crippen LogP contribution in [0.15, 0.2) is 58.0 Å². The summed E-state index contributed by atoms with van der Waals surface area (Å²) >= 11 is 0. The predicted molar refractivity (Wildman–Crippen MR) is 82.5 cm³/mol. The van der Waals surface area contributed by atoms with Gasteiger partial charge in [0.1, 0.15) is 11.0 Å². The molecule has 1 heterocycles. The molecule has 120 valence electrons. The lowest BCUT2D eigenvalue weighted by Crippen LogP contribution is -2.32. The second-order valence-corrected chi connectivity index (χ2v) is 8.84. The fraction of sp³-hybridized carbons (Fsp3) is 0.286. The van der Waals surface area contributed by atoms with Gasteiger partial charge in [0.15, 0.2) is 9.84 Å². The first-order valence-corrected chi connectivity index (χ1v) is 9.86. The molecule has 8 heteroatoms. The second kappa shape index (κ2) is 6.64. The summed E-state index contributed by atoms with van der Waals surface area (Å²) in [6, 6.07) is 11.0. The molecule has 2 aromatic rings. The summed E-state index contributed by atoms with van der Waals surface area (Å²) in [6.07, 6.45) is 1.36. The fourth-order valence-corrected chi connectivity index (χ4v) is 4.25. The largest absolute Gasteiger partial charge is 0.468 e. The van der Waals surface area contributed by atoms with Gasteiger partial charge >= 0.3 is 0 Å². The molecule has 0 saturated carbocycles. The molecule has 0 fully saturated rings. The zero-order chi connectivity index (χ0) is 16.2. The van der Waals surface area contributed by atoms with E-state index in [0.717, 1.165) is 0 Å². The highest BCUT2D eigenvalue weighted by molar-refractivity contribution is 7.92. The number of rotatable bonds is 7. The Morgan fingerprint density at radius 3 is 2.27 bits per heavy atom. The average molecular weight is 343 g/mol. The Bertz CT molecular complexity index is 796. The van der Waals surface area contributed by atoms with E-state index >= 15 is 0 Å². The zero-order valence-corrected chi connectivity index (χ0v) is 13.6. The van der Waals surface area contributed by atoms with Crippen molar-refractivity contribution in [1.29, 1.82) is 0 Å². The van der Waals surface area contributed by atoms with Crippen molar-refractivity contribution in [2.45, 2.75) is 17.1 Å². The second-order valence-electron chi connectivity index (χ2n) is 4.61. The Kier molecular flexibility index (Phi) is 5.05. The molecule has 1 unspecified atom stereocenters.